The maximum Gasteiger partial charge on any atom is 0.253 e. The molecule has 0 atom stereocenters. The lowest BCUT2D eigenvalue weighted by Gasteiger charge is -2.44. The maximum atomic E-state index is 12.0. The Labute approximate surface area is 113 Å². The summed E-state index contributed by atoms with van der Waals surface area (Å²) in [6.07, 6.45) is 0. The molecule has 2 rings (SSSR count). The van der Waals surface area contributed by atoms with Crippen LogP contribution in [0.3, 0.4) is 0 Å². The minimum absolute atomic E-state index is 0.0997. The standard InChI is InChI=1S/C14H21N3O2/c1-14(2)9-19-7-6-17(14)12-8-10(15)4-5-11(12)13(18)16-3/h4-5,8H,6-7,9,15H2,1-3H3,(H,16,18). The number of nitrogens with one attached hydrogen (secondary N) is 1. The van der Waals surface area contributed by atoms with E-state index in [9.17, 15) is 4.79 Å². The predicted octanol–water partition coefficient (Wildman–Crippen LogP) is 1.24. The van der Waals surface area contributed by atoms with Crippen molar-refractivity contribution >= 4 is 17.3 Å². The largest absolute Gasteiger partial charge is 0.399 e. The molecular weight excluding hydrogens is 242 g/mol. The topological polar surface area (TPSA) is 67.6 Å². The zero-order valence-corrected chi connectivity index (χ0v) is 11.7. The van der Waals surface area contributed by atoms with Gasteiger partial charge in [0.25, 0.3) is 5.91 Å². The zero-order valence-electron chi connectivity index (χ0n) is 11.7. The van der Waals surface area contributed by atoms with Crippen molar-refractivity contribution in [2.45, 2.75) is 19.4 Å². The van der Waals surface area contributed by atoms with E-state index in [2.05, 4.69) is 24.1 Å². The van der Waals surface area contributed by atoms with Gasteiger partial charge in [-0.3, -0.25) is 4.79 Å². The first-order chi connectivity index (χ1) is 8.95. The second-order valence-corrected chi connectivity index (χ2v) is 5.37. The van der Waals surface area contributed by atoms with E-state index in [4.69, 9.17) is 10.5 Å². The Hall–Kier alpha value is -1.75. The highest BCUT2D eigenvalue weighted by molar-refractivity contribution is 6.00. The van der Waals surface area contributed by atoms with E-state index in [-0.39, 0.29) is 11.4 Å². The van der Waals surface area contributed by atoms with Crippen LogP contribution in [0.1, 0.15) is 24.2 Å². The van der Waals surface area contributed by atoms with Gasteiger partial charge in [0.1, 0.15) is 0 Å². The minimum Gasteiger partial charge on any atom is -0.399 e. The van der Waals surface area contributed by atoms with Crippen LogP contribution in [0.15, 0.2) is 18.2 Å². The minimum atomic E-state index is -0.158. The van der Waals surface area contributed by atoms with Crippen LogP contribution < -0.4 is 16.0 Å². The number of nitrogen functional groups attached to an aromatic ring is 1. The Morgan fingerprint density at radius 2 is 2.21 bits per heavy atom. The summed E-state index contributed by atoms with van der Waals surface area (Å²) in [7, 11) is 1.63. The third-order valence-electron chi connectivity index (χ3n) is 3.43. The van der Waals surface area contributed by atoms with Gasteiger partial charge < -0.3 is 20.7 Å². The highest BCUT2D eigenvalue weighted by atomic mass is 16.5. The lowest BCUT2D eigenvalue weighted by molar-refractivity contribution is 0.0642. The fraction of sp³-hybridized carbons (Fsp3) is 0.500. The summed E-state index contributed by atoms with van der Waals surface area (Å²) >= 11 is 0. The van der Waals surface area contributed by atoms with Crippen LogP contribution in [0.2, 0.25) is 0 Å². The summed E-state index contributed by atoms with van der Waals surface area (Å²) in [6, 6.07) is 5.38. The molecule has 0 saturated carbocycles. The van der Waals surface area contributed by atoms with Gasteiger partial charge in [0, 0.05) is 19.3 Å². The summed E-state index contributed by atoms with van der Waals surface area (Å²) in [5, 5.41) is 2.67. The fourth-order valence-electron chi connectivity index (χ4n) is 2.40. The molecular formula is C14H21N3O2. The van der Waals surface area contributed by atoms with Crippen LogP contribution in [0, 0.1) is 0 Å². The van der Waals surface area contributed by atoms with E-state index in [0.29, 0.717) is 24.5 Å². The number of rotatable bonds is 2. The normalized spacial score (nSPS) is 18.2. The first-order valence-electron chi connectivity index (χ1n) is 6.43. The van der Waals surface area contributed by atoms with Crippen molar-refractivity contribution < 1.29 is 9.53 Å². The molecule has 3 N–H and O–H groups in total. The number of carbonyl (C=O) groups is 1. The Morgan fingerprint density at radius 3 is 2.84 bits per heavy atom. The molecule has 1 aromatic carbocycles. The number of nitrogens with two attached hydrogens (primary N) is 1. The molecule has 5 heteroatoms. The van der Waals surface area contributed by atoms with Crippen LogP contribution in [-0.2, 0) is 4.74 Å². The number of benzene rings is 1. The van der Waals surface area contributed by atoms with E-state index < -0.39 is 0 Å². The predicted molar refractivity (Wildman–Crippen MR) is 76.5 cm³/mol. The molecule has 1 heterocycles. The molecule has 1 amide bonds. The van der Waals surface area contributed by atoms with Crippen molar-refractivity contribution in [3.8, 4) is 0 Å². The molecule has 1 aliphatic heterocycles. The van der Waals surface area contributed by atoms with Crippen molar-refractivity contribution in [3.05, 3.63) is 23.8 Å². The lowest BCUT2D eigenvalue weighted by Crippen LogP contribution is -2.53. The van der Waals surface area contributed by atoms with Crippen molar-refractivity contribution in [2.75, 3.05) is 37.4 Å². The van der Waals surface area contributed by atoms with Gasteiger partial charge in [0.2, 0.25) is 0 Å². The van der Waals surface area contributed by atoms with Gasteiger partial charge in [-0.05, 0) is 32.0 Å². The number of amides is 1. The lowest BCUT2D eigenvalue weighted by atomic mass is 9.99. The summed E-state index contributed by atoms with van der Waals surface area (Å²) < 4.78 is 5.52. The Morgan fingerprint density at radius 1 is 1.47 bits per heavy atom. The maximum absolute atomic E-state index is 12.0. The van der Waals surface area contributed by atoms with E-state index >= 15 is 0 Å². The number of hydrogen-bond donors (Lipinski definition) is 2. The van der Waals surface area contributed by atoms with E-state index in [1.807, 2.05) is 6.07 Å². The van der Waals surface area contributed by atoms with Crippen molar-refractivity contribution in [1.82, 2.24) is 5.32 Å². The first kappa shape index (κ1) is 13.7. The van der Waals surface area contributed by atoms with Crippen LogP contribution in [0.25, 0.3) is 0 Å². The number of nitrogens with zero attached hydrogens (tertiary/aromatic N) is 1. The Bertz CT molecular complexity index is 486. The molecule has 0 bridgehead atoms. The highest BCUT2D eigenvalue weighted by Gasteiger charge is 2.32. The number of carbonyl (C=O) groups excluding carboxylic acids is 1. The van der Waals surface area contributed by atoms with Gasteiger partial charge in [-0.1, -0.05) is 0 Å². The molecule has 1 fully saturated rings. The quantitative estimate of drug-likeness (QED) is 0.788. The van der Waals surface area contributed by atoms with Gasteiger partial charge in [0.05, 0.1) is 30.0 Å². The van der Waals surface area contributed by atoms with Gasteiger partial charge >= 0.3 is 0 Å². The summed E-state index contributed by atoms with van der Waals surface area (Å²) in [5.74, 6) is -0.0997. The monoisotopic (exact) mass is 263 g/mol. The molecule has 1 aromatic rings. The Balaban J connectivity index is 2.47. The fourth-order valence-corrected chi connectivity index (χ4v) is 2.40. The third-order valence-corrected chi connectivity index (χ3v) is 3.43. The van der Waals surface area contributed by atoms with E-state index in [1.54, 1.807) is 19.2 Å². The smallest absolute Gasteiger partial charge is 0.253 e. The van der Waals surface area contributed by atoms with Gasteiger partial charge in [0.15, 0.2) is 0 Å². The average Bonchev–Trinajstić information content (AvgIpc) is 2.37. The molecule has 0 aromatic heterocycles. The number of morpholine rings is 1. The summed E-state index contributed by atoms with van der Waals surface area (Å²) in [4.78, 5) is 14.2. The van der Waals surface area contributed by atoms with Gasteiger partial charge in [-0.2, -0.15) is 0 Å². The van der Waals surface area contributed by atoms with Crippen LogP contribution in [-0.4, -0.2) is 38.3 Å². The molecule has 1 aliphatic rings. The molecule has 19 heavy (non-hydrogen) atoms. The van der Waals surface area contributed by atoms with E-state index in [1.165, 1.54) is 0 Å². The number of ether oxygens (including phenoxy) is 1. The van der Waals surface area contributed by atoms with Crippen molar-refractivity contribution in [3.63, 3.8) is 0 Å². The SMILES string of the molecule is CNC(=O)c1ccc(N)cc1N1CCOCC1(C)C. The molecule has 104 valence electrons. The highest BCUT2D eigenvalue weighted by Crippen LogP contribution is 2.31. The number of hydrogen-bond acceptors (Lipinski definition) is 4. The third kappa shape index (κ3) is 2.66. The Kier molecular flexibility index (Phi) is 3.66. The average molecular weight is 263 g/mol. The second kappa shape index (κ2) is 5.09. The molecule has 0 radical (unpaired) electrons. The summed E-state index contributed by atoms with van der Waals surface area (Å²) in [5.41, 5.74) is 7.89. The molecule has 0 unspecified atom stereocenters. The second-order valence-electron chi connectivity index (χ2n) is 5.37. The molecule has 0 aliphatic carbocycles. The van der Waals surface area contributed by atoms with Crippen molar-refractivity contribution in [2.24, 2.45) is 0 Å². The van der Waals surface area contributed by atoms with Crippen LogP contribution in [0.5, 0.6) is 0 Å². The summed E-state index contributed by atoms with van der Waals surface area (Å²) in [6.45, 7) is 6.24. The molecule has 0 spiro atoms. The first-order valence-corrected chi connectivity index (χ1v) is 6.43. The van der Waals surface area contributed by atoms with Crippen LogP contribution in [0.4, 0.5) is 11.4 Å². The van der Waals surface area contributed by atoms with Gasteiger partial charge in [-0.25, -0.2) is 0 Å². The molecule has 1 saturated heterocycles. The van der Waals surface area contributed by atoms with Gasteiger partial charge in [-0.15, -0.1) is 0 Å². The zero-order chi connectivity index (χ0) is 14.0. The van der Waals surface area contributed by atoms with E-state index in [0.717, 1.165) is 12.2 Å². The number of anilines is 2. The van der Waals surface area contributed by atoms with Crippen molar-refractivity contribution in [1.29, 1.82) is 0 Å². The molecule has 5 nitrogen and oxygen atoms in total. The van der Waals surface area contributed by atoms with Crippen LogP contribution >= 0.6 is 0 Å².